The van der Waals surface area contributed by atoms with Gasteiger partial charge in [0.15, 0.2) is 5.75 Å². The topological polar surface area (TPSA) is 97.1 Å². The van der Waals surface area contributed by atoms with Crippen molar-refractivity contribution in [2.24, 2.45) is 5.73 Å². The molecule has 2 rings (SSSR count). The molecule has 0 spiro atoms. The highest BCUT2D eigenvalue weighted by atomic mass is 35.5. The average molecular weight is 547 g/mol. The molecule has 0 unspecified atom stereocenters. The number of alkyl halides is 1. The van der Waals surface area contributed by atoms with Crippen molar-refractivity contribution in [3.8, 4) is 11.5 Å². The Hall–Kier alpha value is -2.19. The molecule has 0 aliphatic rings. The fourth-order valence-corrected chi connectivity index (χ4v) is 4.04. The van der Waals surface area contributed by atoms with Crippen LogP contribution >= 0.6 is 34.8 Å². The standard InChI is InChI=1S/C25H30Cl3NO6/c1-15(30)34-20(11-26)13-33-24-22(27)9-18(10-23(24)28)25(3,4)17-5-7-19(8-6-17)32-14-21(12-29)35-16(2)31/h5-10,20-21H,11-14,29H2,1-4H3/t20-,21+/m0/s1. The maximum absolute atomic E-state index is 11.2. The molecule has 0 saturated heterocycles. The van der Waals surface area contributed by atoms with E-state index >= 15 is 0 Å². The van der Waals surface area contributed by atoms with Crippen molar-refractivity contribution in [1.29, 1.82) is 0 Å². The Kier molecular flexibility index (Phi) is 11.0. The van der Waals surface area contributed by atoms with Gasteiger partial charge in [-0.15, -0.1) is 11.6 Å². The first-order chi connectivity index (χ1) is 16.5. The monoisotopic (exact) mass is 545 g/mol. The van der Waals surface area contributed by atoms with E-state index in [1.54, 1.807) is 12.1 Å². The van der Waals surface area contributed by atoms with Crippen molar-refractivity contribution < 1.29 is 28.5 Å². The van der Waals surface area contributed by atoms with Gasteiger partial charge in [0.2, 0.25) is 0 Å². The SMILES string of the molecule is CC(=O)O[C@H](CN)COc1ccc(C(C)(C)c2cc(Cl)c(OC[C@H](CCl)OC(C)=O)c(Cl)c2)cc1. The lowest BCUT2D eigenvalue weighted by molar-refractivity contribution is -0.147. The van der Waals surface area contributed by atoms with Crippen LogP contribution in [0.15, 0.2) is 36.4 Å². The molecule has 0 heterocycles. The Morgan fingerprint density at radius 3 is 1.89 bits per heavy atom. The van der Waals surface area contributed by atoms with Crippen LogP contribution in [0.3, 0.4) is 0 Å². The second-order valence-electron chi connectivity index (χ2n) is 8.39. The van der Waals surface area contributed by atoms with Gasteiger partial charge in [-0.25, -0.2) is 0 Å². The van der Waals surface area contributed by atoms with Gasteiger partial charge in [0.05, 0.1) is 15.9 Å². The quantitative estimate of drug-likeness (QED) is 0.291. The van der Waals surface area contributed by atoms with Crippen LogP contribution in [0.25, 0.3) is 0 Å². The summed E-state index contributed by atoms with van der Waals surface area (Å²) in [5, 5.41) is 0.657. The molecule has 2 N–H and O–H groups in total. The van der Waals surface area contributed by atoms with Gasteiger partial charge in [-0.1, -0.05) is 49.2 Å². The van der Waals surface area contributed by atoms with Crippen LogP contribution in [-0.4, -0.2) is 49.8 Å². The number of esters is 2. The molecule has 0 aliphatic carbocycles. The van der Waals surface area contributed by atoms with E-state index in [9.17, 15) is 9.59 Å². The van der Waals surface area contributed by atoms with Gasteiger partial charge in [0.1, 0.15) is 31.2 Å². The fraction of sp³-hybridized carbons (Fsp3) is 0.440. The molecule has 2 atom stereocenters. The number of hydrogen-bond donors (Lipinski definition) is 1. The molecule has 0 saturated carbocycles. The highest BCUT2D eigenvalue weighted by Crippen LogP contribution is 2.40. The minimum absolute atomic E-state index is 0.0230. The number of halogens is 3. The summed E-state index contributed by atoms with van der Waals surface area (Å²) in [6.45, 7) is 7.07. The number of nitrogens with two attached hydrogens (primary N) is 1. The summed E-state index contributed by atoms with van der Waals surface area (Å²) in [4.78, 5) is 22.3. The highest BCUT2D eigenvalue weighted by Gasteiger charge is 2.26. The number of ether oxygens (including phenoxy) is 4. The minimum atomic E-state index is -0.618. The molecule has 0 aromatic heterocycles. The van der Waals surface area contributed by atoms with Crippen LogP contribution in [0.1, 0.15) is 38.8 Å². The first-order valence-electron chi connectivity index (χ1n) is 10.9. The molecule has 0 radical (unpaired) electrons. The van der Waals surface area contributed by atoms with Crippen LogP contribution in [0.5, 0.6) is 11.5 Å². The first-order valence-corrected chi connectivity index (χ1v) is 12.2. The van der Waals surface area contributed by atoms with Gasteiger partial charge in [-0.3, -0.25) is 9.59 Å². The fourth-order valence-electron chi connectivity index (χ4n) is 3.29. The number of hydrogen-bond acceptors (Lipinski definition) is 7. The van der Waals surface area contributed by atoms with Crippen molar-refractivity contribution in [1.82, 2.24) is 0 Å². The van der Waals surface area contributed by atoms with E-state index in [1.807, 2.05) is 38.1 Å². The first kappa shape index (κ1) is 29.0. The molecule has 35 heavy (non-hydrogen) atoms. The third-order valence-electron chi connectivity index (χ3n) is 5.25. The van der Waals surface area contributed by atoms with Crippen LogP contribution in [0.4, 0.5) is 0 Å². The largest absolute Gasteiger partial charge is 0.490 e. The van der Waals surface area contributed by atoms with Crippen LogP contribution < -0.4 is 15.2 Å². The van der Waals surface area contributed by atoms with E-state index in [1.165, 1.54) is 13.8 Å². The van der Waals surface area contributed by atoms with Gasteiger partial charge < -0.3 is 24.7 Å². The zero-order valence-corrected chi connectivity index (χ0v) is 22.4. The third kappa shape index (κ3) is 8.46. The summed E-state index contributed by atoms with van der Waals surface area (Å²) in [6, 6.07) is 11.1. The summed E-state index contributed by atoms with van der Waals surface area (Å²) in [5.41, 5.74) is 7.04. The number of rotatable bonds is 12. The summed E-state index contributed by atoms with van der Waals surface area (Å²) in [6.07, 6.45) is -1.13. The second kappa shape index (κ2) is 13.2. The Morgan fingerprint density at radius 1 is 0.886 bits per heavy atom. The second-order valence-corrected chi connectivity index (χ2v) is 9.52. The predicted molar refractivity (Wildman–Crippen MR) is 137 cm³/mol. The zero-order valence-electron chi connectivity index (χ0n) is 20.1. The highest BCUT2D eigenvalue weighted by molar-refractivity contribution is 6.37. The van der Waals surface area contributed by atoms with Crippen molar-refractivity contribution in [2.45, 2.75) is 45.3 Å². The summed E-state index contributed by atoms with van der Waals surface area (Å²) in [7, 11) is 0. The van der Waals surface area contributed by atoms with E-state index in [-0.39, 0.29) is 25.6 Å². The van der Waals surface area contributed by atoms with Crippen molar-refractivity contribution >= 4 is 46.7 Å². The van der Waals surface area contributed by atoms with Gasteiger partial charge in [-0.05, 0) is 35.4 Å². The Morgan fingerprint density at radius 2 is 1.40 bits per heavy atom. The Balaban J connectivity index is 2.14. The molecule has 0 bridgehead atoms. The van der Waals surface area contributed by atoms with Crippen molar-refractivity contribution in [3.63, 3.8) is 0 Å². The number of carbonyl (C=O) groups is 2. The molecule has 0 fully saturated rings. The van der Waals surface area contributed by atoms with Gasteiger partial charge >= 0.3 is 11.9 Å². The third-order valence-corrected chi connectivity index (χ3v) is 6.15. The summed E-state index contributed by atoms with van der Waals surface area (Å²) < 4.78 is 21.6. The average Bonchev–Trinajstić information content (AvgIpc) is 2.80. The molecule has 0 amide bonds. The van der Waals surface area contributed by atoms with E-state index in [0.717, 1.165) is 11.1 Å². The zero-order chi connectivity index (χ0) is 26.2. The van der Waals surface area contributed by atoms with Crippen molar-refractivity contribution in [3.05, 3.63) is 57.6 Å². The molecule has 2 aromatic rings. The molecule has 10 heteroatoms. The maximum atomic E-state index is 11.2. The van der Waals surface area contributed by atoms with Crippen LogP contribution in [0.2, 0.25) is 10.0 Å². The van der Waals surface area contributed by atoms with Crippen LogP contribution in [0, 0.1) is 0 Å². The molecular weight excluding hydrogens is 517 g/mol. The Labute approximate surface area is 220 Å². The smallest absolute Gasteiger partial charge is 0.303 e. The molecular formula is C25H30Cl3NO6. The van der Waals surface area contributed by atoms with Gasteiger partial charge in [-0.2, -0.15) is 0 Å². The number of carbonyl (C=O) groups excluding carboxylic acids is 2. The molecule has 0 aliphatic heterocycles. The van der Waals surface area contributed by atoms with Gasteiger partial charge in [0, 0.05) is 25.8 Å². The molecule has 192 valence electrons. The predicted octanol–water partition coefficient (Wildman–Crippen LogP) is 5.14. The van der Waals surface area contributed by atoms with E-state index in [0.29, 0.717) is 21.5 Å². The lowest BCUT2D eigenvalue weighted by Crippen LogP contribution is -2.31. The number of benzene rings is 2. The lowest BCUT2D eigenvalue weighted by Gasteiger charge is -2.27. The van der Waals surface area contributed by atoms with E-state index in [4.69, 9.17) is 59.5 Å². The van der Waals surface area contributed by atoms with Gasteiger partial charge in [0.25, 0.3) is 0 Å². The molecule has 2 aromatic carbocycles. The van der Waals surface area contributed by atoms with Crippen molar-refractivity contribution in [2.75, 3.05) is 25.6 Å². The summed E-state index contributed by atoms with van der Waals surface area (Å²) in [5.74, 6) is 0.139. The lowest BCUT2D eigenvalue weighted by atomic mass is 9.78. The Bertz CT molecular complexity index is 990. The normalized spacial score (nSPS) is 13.0. The minimum Gasteiger partial charge on any atom is -0.490 e. The summed E-state index contributed by atoms with van der Waals surface area (Å²) >= 11 is 18.8. The van der Waals surface area contributed by atoms with Crippen LogP contribution in [-0.2, 0) is 24.5 Å². The maximum Gasteiger partial charge on any atom is 0.303 e. The van der Waals surface area contributed by atoms with E-state index in [2.05, 4.69) is 0 Å². The van der Waals surface area contributed by atoms with E-state index < -0.39 is 29.6 Å². The molecule has 7 nitrogen and oxygen atoms in total.